The first kappa shape index (κ1) is 15.9. The van der Waals surface area contributed by atoms with Crippen LogP contribution < -0.4 is 14.8 Å². The number of ether oxygens (including phenoxy) is 2. The summed E-state index contributed by atoms with van der Waals surface area (Å²) < 4.78 is 10.9. The van der Waals surface area contributed by atoms with Crippen LogP contribution >= 0.6 is 0 Å². The van der Waals surface area contributed by atoms with E-state index in [1.807, 2.05) is 30.3 Å². The lowest BCUT2D eigenvalue weighted by Gasteiger charge is -2.12. The maximum atomic E-state index is 12.3. The van der Waals surface area contributed by atoms with E-state index in [2.05, 4.69) is 19.2 Å². The average molecular weight is 299 g/mol. The Hall–Kier alpha value is -2.49. The van der Waals surface area contributed by atoms with Crippen molar-refractivity contribution in [1.82, 2.24) is 0 Å². The molecule has 116 valence electrons. The van der Waals surface area contributed by atoms with E-state index in [4.69, 9.17) is 9.47 Å². The fourth-order valence-electron chi connectivity index (χ4n) is 1.96. The topological polar surface area (TPSA) is 47.6 Å². The summed E-state index contributed by atoms with van der Waals surface area (Å²) in [7, 11) is 1.55. The number of hydrogen-bond donors (Lipinski definition) is 1. The highest BCUT2D eigenvalue weighted by atomic mass is 16.5. The van der Waals surface area contributed by atoms with Crippen molar-refractivity contribution in [2.45, 2.75) is 13.8 Å². The summed E-state index contributed by atoms with van der Waals surface area (Å²) in [6, 6.07) is 14.5. The minimum atomic E-state index is -0.210. The van der Waals surface area contributed by atoms with Crippen LogP contribution in [-0.4, -0.2) is 19.6 Å². The monoisotopic (exact) mass is 299 g/mol. The molecule has 1 N–H and O–H groups in total. The minimum absolute atomic E-state index is 0.210. The third-order valence-electron chi connectivity index (χ3n) is 3.03. The number of carbonyl (C=O) groups excluding carboxylic acids is 1. The summed E-state index contributed by atoms with van der Waals surface area (Å²) in [6.45, 7) is 4.82. The molecule has 0 radical (unpaired) electrons. The van der Waals surface area contributed by atoms with Crippen LogP contribution in [-0.2, 0) is 0 Å². The van der Waals surface area contributed by atoms with Gasteiger partial charge in [-0.15, -0.1) is 0 Å². The fourth-order valence-corrected chi connectivity index (χ4v) is 1.96. The molecule has 0 saturated heterocycles. The number of amides is 1. The van der Waals surface area contributed by atoms with Crippen molar-refractivity contribution >= 4 is 11.6 Å². The largest absolute Gasteiger partial charge is 0.496 e. The van der Waals surface area contributed by atoms with Gasteiger partial charge < -0.3 is 14.8 Å². The first-order valence-electron chi connectivity index (χ1n) is 7.27. The van der Waals surface area contributed by atoms with Crippen LogP contribution in [0.25, 0.3) is 0 Å². The van der Waals surface area contributed by atoms with Gasteiger partial charge in [0.25, 0.3) is 5.91 Å². The Morgan fingerprint density at radius 2 is 1.91 bits per heavy atom. The highest BCUT2D eigenvalue weighted by molar-refractivity contribution is 6.06. The number of para-hydroxylation sites is 1. The predicted molar refractivity (Wildman–Crippen MR) is 87.7 cm³/mol. The summed E-state index contributed by atoms with van der Waals surface area (Å²) in [5.41, 5.74) is 1.19. The number of rotatable bonds is 6. The van der Waals surface area contributed by atoms with Gasteiger partial charge in [-0.3, -0.25) is 4.79 Å². The van der Waals surface area contributed by atoms with E-state index in [-0.39, 0.29) is 5.91 Å². The Morgan fingerprint density at radius 3 is 2.64 bits per heavy atom. The van der Waals surface area contributed by atoms with E-state index in [0.29, 0.717) is 29.5 Å². The van der Waals surface area contributed by atoms with Crippen molar-refractivity contribution in [2.24, 2.45) is 5.92 Å². The Balaban J connectivity index is 2.10. The van der Waals surface area contributed by atoms with Crippen LogP contribution in [0.2, 0.25) is 0 Å². The summed E-state index contributed by atoms with van der Waals surface area (Å²) in [5, 5.41) is 2.86. The fraction of sp³-hybridized carbons (Fsp3) is 0.278. The molecular formula is C18H21NO3. The van der Waals surface area contributed by atoms with Gasteiger partial charge in [0, 0.05) is 11.8 Å². The minimum Gasteiger partial charge on any atom is -0.496 e. The molecule has 0 spiro atoms. The molecule has 0 unspecified atom stereocenters. The molecule has 0 fully saturated rings. The number of carbonyl (C=O) groups is 1. The molecule has 0 aliphatic rings. The van der Waals surface area contributed by atoms with Gasteiger partial charge in [-0.25, -0.2) is 0 Å². The van der Waals surface area contributed by atoms with Gasteiger partial charge in [-0.2, -0.15) is 0 Å². The van der Waals surface area contributed by atoms with Crippen molar-refractivity contribution in [3.05, 3.63) is 54.1 Å². The molecule has 2 aromatic rings. The standard InChI is InChI=1S/C18H21NO3/c1-13(2)12-22-15-8-6-7-14(11-15)19-18(20)16-9-4-5-10-17(16)21-3/h4-11,13H,12H2,1-3H3,(H,19,20). The van der Waals surface area contributed by atoms with Crippen LogP contribution in [0.3, 0.4) is 0 Å². The Kier molecular flexibility index (Phi) is 5.42. The molecular weight excluding hydrogens is 278 g/mol. The molecule has 2 aromatic carbocycles. The van der Waals surface area contributed by atoms with Gasteiger partial charge in [-0.05, 0) is 30.2 Å². The van der Waals surface area contributed by atoms with Crippen molar-refractivity contribution < 1.29 is 14.3 Å². The molecule has 0 bridgehead atoms. The molecule has 4 heteroatoms. The summed E-state index contributed by atoms with van der Waals surface area (Å²) in [4.78, 5) is 12.3. The van der Waals surface area contributed by atoms with Gasteiger partial charge in [0.1, 0.15) is 11.5 Å². The van der Waals surface area contributed by atoms with Gasteiger partial charge in [-0.1, -0.05) is 32.0 Å². The van der Waals surface area contributed by atoms with Gasteiger partial charge >= 0.3 is 0 Å². The molecule has 0 saturated carbocycles. The molecule has 0 heterocycles. The zero-order valence-corrected chi connectivity index (χ0v) is 13.1. The summed E-state index contributed by atoms with van der Waals surface area (Å²) in [5.74, 6) is 1.53. The lowest BCUT2D eigenvalue weighted by atomic mass is 10.2. The first-order chi connectivity index (χ1) is 10.6. The Bertz CT molecular complexity index is 638. The second-order valence-electron chi connectivity index (χ2n) is 5.39. The van der Waals surface area contributed by atoms with E-state index in [1.165, 1.54) is 0 Å². The van der Waals surface area contributed by atoms with Gasteiger partial charge in [0.2, 0.25) is 0 Å². The molecule has 2 rings (SSSR count). The number of anilines is 1. The molecule has 4 nitrogen and oxygen atoms in total. The third kappa shape index (κ3) is 4.25. The van der Waals surface area contributed by atoms with E-state index in [0.717, 1.165) is 5.75 Å². The van der Waals surface area contributed by atoms with Crippen molar-refractivity contribution in [3.8, 4) is 11.5 Å². The van der Waals surface area contributed by atoms with E-state index >= 15 is 0 Å². The predicted octanol–water partition coefficient (Wildman–Crippen LogP) is 3.98. The van der Waals surface area contributed by atoms with Crippen LogP contribution in [0.15, 0.2) is 48.5 Å². The first-order valence-corrected chi connectivity index (χ1v) is 7.27. The van der Waals surface area contributed by atoms with Gasteiger partial charge in [0.05, 0.1) is 19.3 Å². The van der Waals surface area contributed by atoms with Crippen molar-refractivity contribution in [1.29, 1.82) is 0 Å². The smallest absolute Gasteiger partial charge is 0.259 e. The van der Waals surface area contributed by atoms with E-state index in [1.54, 1.807) is 25.3 Å². The maximum Gasteiger partial charge on any atom is 0.259 e. The third-order valence-corrected chi connectivity index (χ3v) is 3.03. The SMILES string of the molecule is COc1ccccc1C(=O)Nc1cccc(OCC(C)C)c1. The molecule has 0 aliphatic heterocycles. The van der Waals surface area contributed by atoms with Crippen LogP contribution in [0.5, 0.6) is 11.5 Å². The summed E-state index contributed by atoms with van der Waals surface area (Å²) >= 11 is 0. The van der Waals surface area contributed by atoms with Gasteiger partial charge in [0.15, 0.2) is 0 Å². The zero-order valence-electron chi connectivity index (χ0n) is 13.1. The van der Waals surface area contributed by atoms with E-state index in [9.17, 15) is 4.79 Å². The lowest BCUT2D eigenvalue weighted by Crippen LogP contribution is -2.13. The normalized spacial score (nSPS) is 10.4. The highest BCUT2D eigenvalue weighted by Crippen LogP contribution is 2.21. The zero-order chi connectivity index (χ0) is 15.9. The average Bonchev–Trinajstić information content (AvgIpc) is 2.53. The number of hydrogen-bond acceptors (Lipinski definition) is 3. The molecule has 0 aromatic heterocycles. The lowest BCUT2D eigenvalue weighted by molar-refractivity contribution is 0.102. The van der Waals surface area contributed by atoms with Crippen LogP contribution in [0.1, 0.15) is 24.2 Å². The molecule has 0 aliphatic carbocycles. The number of benzene rings is 2. The summed E-state index contributed by atoms with van der Waals surface area (Å²) in [6.07, 6.45) is 0. The van der Waals surface area contributed by atoms with E-state index < -0.39 is 0 Å². The Morgan fingerprint density at radius 1 is 1.14 bits per heavy atom. The molecule has 0 atom stereocenters. The molecule has 1 amide bonds. The maximum absolute atomic E-state index is 12.3. The number of nitrogens with one attached hydrogen (secondary N) is 1. The van der Waals surface area contributed by atoms with Crippen molar-refractivity contribution in [3.63, 3.8) is 0 Å². The second kappa shape index (κ2) is 7.50. The second-order valence-corrected chi connectivity index (χ2v) is 5.39. The quantitative estimate of drug-likeness (QED) is 0.877. The number of methoxy groups -OCH3 is 1. The van der Waals surface area contributed by atoms with Crippen LogP contribution in [0.4, 0.5) is 5.69 Å². The highest BCUT2D eigenvalue weighted by Gasteiger charge is 2.11. The van der Waals surface area contributed by atoms with Crippen LogP contribution in [0, 0.1) is 5.92 Å². The molecule has 22 heavy (non-hydrogen) atoms. The Labute approximate surface area is 131 Å². The van der Waals surface area contributed by atoms with Crippen molar-refractivity contribution in [2.75, 3.05) is 19.0 Å².